The van der Waals surface area contributed by atoms with Crippen molar-refractivity contribution < 1.29 is 9.53 Å². The third kappa shape index (κ3) is 7.87. The number of carbonyl (C=O) groups is 1. The molecule has 3 heteroatoms. The maximum absolute atomic E-state index is 11.6. The van der Waals surface area contributed by atoms with E-state index in [1.165, 1.54) is 90.8 Å². The number of rotatable bonds is 13. The molecule has 0 bridgehead atoms. The fourth-order valence-electron chi connectivity index (χ4n) is 6.06. The summed E-state index contributed by atoms with van der Waals surface area (Å²) in [4.78, 5) is 13.2. The van der Waals surface area contributed by atoms with Crippen LogP contribution in [0.2, 0.25) is 0 Å². The fourth-order valence-corrected chi connectivity index (χ4v) is 6.06. The highest BCUT2D eigenvalue weighted by Gasteiger charge is 2.22. The summed E-state index contributed by atoms with van der Waals surface area (Å²) in [6.45, 7) is 9.03. The fraction of sp³-hybridized carbons (Fsp3) is 0.432. The number of aryl methyl sites for hydroxylation is 1. The van der Waals surface area contributed by atoms with Crippen molar-refractivity contribution in [2.24, 2.45) is 5.92 Å². The molecule has 1 aliphatic carbocycles. The van der Waals surface area contributed by atoms with Crippen LogP contribution in [0.3, 0.4) is 0 Å². The molecular formula is C37H47NO2. The minimum Gasteiger partial charge on any atom is -0.492 e. The van der Waals surface area contributed by atoms with Crippen LogP contribution in [0.1, 0.15) is 82.3 Å². The molecular weight excluding hydrogens is 490 g/mol. The number of amides is 1. The largest absolute Gasteiger partial charge is 0.492 e. The monoisotopic (exact) mass is 537 g/mol. The summed E-state index contributed by atoms with van der Waals surface area (Å²) >= 11 is 0. The maximum Gasteiger partial charge on any atom is 0.245 e. The van der Waals surface area contributed by atoms with Crippen LogP contribution < -0.4 is 4.74 Å². The highest BCUT2D eigenvalue weighted by Crippen LogP contribution is 2.39. The lowest BCUT2D eigenvalue weighted by molar-refractivity contribution is -0.125. The first-order valence-corrected chi connectivity index (χ1v) is 15.4. The SMILES string of the molecule is C=CC(=O)N(C)CCOc1ccc(-c2ccc(-c3ccc(C4CCC(CCCCC)CC4)cc3)c(CC)c2)cc1. The standard InChI is InChI=1S/C37H47NO2/c1-5-8-9-10-28-11-13-30(14-12-28)31-15-17-33(18-16-31)36-24-21-34(27-29(36)6-2)32-19-22-35(23-20-32)40-26-25-38(4)37(39)7-3/h7,15-24,27-28,30H,3,5-6,8-14,25-26H2,1-2,4H3. The van der Waals surface area contributed by atoms with E-state index in [2.05, 4.69) is 75.0 Å². The smallest absolute Gasteiger partial charge is 0.245 e. The van der Waals surface area contributed by atoms with Crippen molar-refractivity contribution in [1.82, 2.24) is 4.90 Å². The van der Waals surface area contributed by atoms with Gasteiger partial charge in [0.05, 0.1) is 6.54 Å². The molecule has 0 radical (unpaired) electrons. The van der Waals surface area contributed by atoms with Gasteiger partial charge >= 0.3 is 0 Å². The molecule has 0 unspecified atom stereocenters. The van der Waals surface area contributed by atoms with Crippen molar-refractivity contribution in [1.29, 1.82) is 0 Å². The Kier molecular flexibility index (Phi) is 11.0. The topological polar surface area (TPSA) is 29.5 Å². The summed E-state index contributed by atoms with van der Waals surface area (Å²) in [5, 5.41) is 0. The summed E-state index contributed by atoms with van der Waals surface area (Å²) in [7, 11) is 1.75. The van der Waals surface area contributed by atoms with Crippen LogP contribution in [-0.2, 0) is 11.2 Å². The molecule has 3 aromatic carbocycles. The predicted octanol–water partition coefficient (Wildman–Crippen LogP) is 9.46. The highest BCUT2D eigenvalue weighted by atomic mass is 16.5. The third-order valence-corrected chi connectivity index (χ3v) is 8.68. The molecule has 1 amide bonds. The van der Waals surface area contributed by atoms with E-state index in [4.69, 9.17) is 4.74 Å². The second-order valence-electron chi connectivity index (χ2n) is 11.4. The molecule has 0 atom stereocenters. The van der Waals surface area contributed by atoms with E-state index in [1.54, 1.807) is 11.9 Å². The molecule has 0 aromatic heterocycles. The Morgan fingerprint density at radius 3 is 2.23 bits per heavy atom. The number of carbonyl (C=O) groups excluding carboxylic acids is 1. The number of hydrogen-bond donors (Lipinski definition) is 0. The molecule has 1 saturated carbocycles. The summed E-state index contributed by atoms with van der Waals surface area (Å²) in [6, 6.07) is 24.5. The molecule has 4 rings (SSSR count). The van der Waals surface area contributed by atoms with Gasteiger partial charge in [-0.3, -0.25) is 4.79 Å². The Hall–Kier alpha value is -3.33. The lowest BCUT2D eigenvalue weighted by Gasteiger charge is -2.29. The van der Waals surface area contributed by atoms with Crippen molar-refractivity contribution in [3.8, 4) is 28.0 Å². The van der Waals surface area contributed by atoms with Crippen molar-refractivity contribution >= 4 is 5.91 Å². The van der Waals surface area contributed by atoms with Gasteiger partial charge < -0.3 is 9.64 Å². The molecule has 0 aliphatic heterocycles. The van der Waals surface area contributed by atoms with Crippen molar-refractivity contribution in [2.75, 3.05) is 20.2 Å². The summed E-state index contributed by atoms with van der Waals surface area (Å²) in [6.07, 6.45) is 13.4. The number of nitrogens with zero attached hydrogens (tertiary/aromatic N) is 1. The number of ether oxygens (including phenoxy) is 1. The molecule has 0 spiro atoms. The second kappa shape index (κ2) is 14.9. The van der Waals surface area contributed by atoms with E-state index >= 15 is 0 Å². The number of unbranched alkanes of at least 4 members (excludes halogenated alkanes) is 2. The highest BCUT2D eigenvalue weighted by molar-refractivity contribution is 5.86. The molecule has 0 saturated heterocycles. The predicted molar refractivity (Wildman–Crippen MR) is 169 cm³/mol. The van der Waals surface area contributed by atoms with Gasteiger partial charge in [0.15, 0.2) is 0 Å². The van der Waals surface area contributed by atoms with Crippen LogP contribution >= 0.6 is 0 Å². The average Bonchev–Trinajstić information content (AvgIpc) is 3.01. The van der Waals surface area contributed by atoms with E-state index in [-0.39, 0.29) is 5.91 Å². The maximum atomic E-state index is 11.6. The van der Waals surface area contributed by atoms with E-state index < -0.39 is 0 Å². The van der Waals surface area contributed by atoms with E-state index in [1.807, 2.05) is 12.1 Å². The lowest BCUT2D eigenvalue weighted by atomic mass is 9.77. The average molecular weight is 538 g/mol. The molecule has 1 fully saturated rings. The van der Waals surface area contributed by atoms with Gasteiger partial charge in [-0.15, -0.1) is 0 Å². The number of benzene rings is 3. The van der Waals surface area contributed by atoms with Crippen molar-refractivity contribution in [2.45, 2.75) is 77.6 Å². The van der Waals surface area contributed by atoms with Crippen molar-refractivity contribution in [3.63, 3.8) is 0 Å². The first kappa shape index (κ1) is 29.6. The van der Waals surface area contributed by atoms with Crippen LogP contribution in [0, 0.1) is 5.92 Å². The molecule has 3 nitrogen and oxygen atoms in total. The molecule has 212 valence electrons. The summed E-state index contributed by atoms with van der Waals surface area (Å²) < 4.78 is 5.83. The first-order chi connectivity index (χ1) is 19.5. The molecule has 0 heterocycles. The Bertz CT molecular complexity index is 1220. The minimum absolute atomic E-state index is 0.0968. The molecule has 40 heavy (non-hydrogen) atoms. The summed E-state index contributed by atoms with van der Waals surface area (Å²) in [5.41, 5.74) is 7.92. The summed E-state index contributed by atoms with van der Waals surface area (Å²) in [5.74, 6) is 2.39. The van der Waals surface area contributed by atoms with E-state index in [0.29, 0.717) is 13.2 Å². The van der Waals surface area contributed by atoms with Crippen molar-refractivity contribution in [3.05, 3.63) is 90.5 Å². The van der Waals surface area contributed by atoms with Crippen LogP contribution in [-0.4, -0.2) is 31.0 Å². The van der Waals surface area contributed by atoms with Crippen LogP contribution in [0.4, 0.5) is 0 Å². The third-order valence-electron chi connectivity index (χ3n) is 8.68. The van der Waals surface area contributed by atoms with Gasteiger partial charge in [0.2, 0.25) is 5.91 Å². The quantitative estimate of drug-likeness (QED) is 0.160. The van der Waals surface area contributed by atoms with E-state index in [9.17, 15) is 4.79 Å². The Balaban J connectivity index is 1.36. The second-order valence-corrected chi connectivity index (χ2v) is 11.4. The zero-order valence-corrected chi connectivity index (χ0v) is 24.8. The minimum atomic E-state index is -0.0968. The Labute approximate surface area is 242 Å². The first-order valence-electron chi connectivity index (χ1n) is 15.4. The van der Waals surface area contributed by atoms with Crippen LogP contribution in [0.25, 0.3) is 22.3 Å². The van der Waals surface area contributed by atoms with Gasteiger partial charge in [0.25, 0.3) is 0 Å². The van der Waals surface area contributed by atoms with Gasteiger partial charge in [-0.1, -0.05) is 101 Å². The normalized spacial score (nSPS) is 16.9. The van der Waals surface area contributed by atoms with Gasteiger partial charge in [-0.2, -0.15) is 0 Å². The molecule has 1 aliphatic rings. The van der Waals surface area contributed by atoms with E-state index in [0.717, 1.165) is 24.0 Å². The molecule has 0 N–H and O–H groups in total. The zero-order chi connectivity index (χ0) is 28.3. The van der Waals surface area contributed by atoms with Gasteiger partial charge in [0, 0.05) is 7.05 Å². The van der Waals surface area contributed by atoms with Crippen LogP contribution in [0.15, 0.2) is 79.4 Å². The van der Waals surface area contributed by atoms with Gasteiger partial charge in [-0.05, 0) is 95.5 Å². The zero-order valence-electron chi connectivity index (χ0n) is 24.8. The van der Waals surface area contributed by atoms with Gasteiger partial charge in [0.1, 0.15) is 12.4 Å². The number of hydrogen-bond acceptors (Lipinski definition) is 2. The van der Waals surface area contributed by atoms with Crippen LogP contribution in [0.5, 0.6) is 5.75 Å². The Morgan fingerprint density at radius 1 is 0.900 bits per heavy atom. The number of likely N-dealkylation sites (N-methyl/N-ethyl adjacent to an activating group) is 1. The molecule has 3 aromatic rings. The van der Waals surface area contributed by atoms with Gasteiger partial charge in [-0.25, -0.2) is 0 Å². The Morgan fingerprint density at radius 2 is 1.57 bits per heavy atom. The lowest BCUT2D eigenvalue weighted by Crippen LogP contribution is -2.29.